The second-order valence-corrected chi connectivity index (χ2v) is 3.84. The number of carbonyl (C=O) groups is 1. The zero-order valence-corrected chi connectivity index (χ0v) is 11.0. The highest BCUT2D eigenvalue weighted by Crippen LogP contribution is 2.11. The average molecular weight is 290 g/mol. The molecule has 1 rings (SSSR count). The van der Waals surface area contributed by atoms with Gasteiger partial charge in [0.25, 0.3) is 0 Å². The second-order valence-electron chi connectivity index (χ2n) is 2.72. The van der Waals surface area contributed by atoms with Crippen molar-refractivity contribution < 1.29 is 14.3 Å². The summed E-state index contributed by atoms with van der Waals surface area (Å²) in [6.07, 6.45) is -0.768. The van der Waals surface area contributed by atoms with Gasteiger partial charge in [0.05, 0.1) is 7.11 Å². The average Bonchev–Trinajstić information content (AvgIpc) is 2.28. The first kappa shape index (κ1) is 14.8. The molecule has 0 heterocycles. The van der Waals surface area contributed by atoms with Crippen LogP contribution in [0.1, 0.15) is 12.5 Å². The zero-order valence-electron chi connectivity index (χ0n) is 9.40. The van der Waals surface area contributed by atoms with Crippen molar-refractivity contribution in [1.29, 1.82) is 0 Å². The van der Waals surface area contributed by atoms with E-state index in [4.69, 9.17) is 10.5 Å². The van der Waals surface area contributed by atoms with Crippen molar-refractivity contribution in [2.24, 2.45) is 5.73 Å². The molecule has 16 heavy (non-hydrogen) atoms. The standard InChI is InChI=1S/C9H11NO3.C2H5Br/c1-12-8-4-2-7(3-5-8)6-13-9(10)11;1-2-3/h2-5H,6H2,1H3,(H2,10,11);2H2,1H3. The molecule has 0 saturated heterocycles. The first-order chi connectivity index (χ1) is 7.63. The van der Waals surface area contributed by atoms with E-state index in [1.54, 1.807) is 19.2 Å². The van der Waals surface area contributed by atoms with Gasteiger partial charge in [0, 0.05) is 5.33 Å². The maximum absolute atomic E-state index is 10.3. The van der Waals surface area contributed by atoms with E-state index in [-0.39, 0.29) is 6.61 Å². The highest BCUT2D eigenvalue weighted by molar-refractivity contribution is 9.09. The number of halogens is 1. The quantitative estimate of drug-likeness (QED) is 0.871. The van der Waals surface area contributed by atoms with Gasteiger partial charge in [-0.25, -0.2) is 4.79 Å². The van der Waals surface area contributed by atoms with Crippen LogP contribution in [0.25, 0.3) is 0 Å². The van der Waals surface area contributed by atoms with Crippen LogP contribution in [0.4, 0.5) is 4.79 Å². The van der Waals surface area contributed by atoms with E-state index >= 15 is 0 Å². The Morgan fingerprint density at radius 2 is 1.88 bits per heavy atom. The first-order valence-electron chi connectivity index (χ1n) is 4.75. The third-order valence-electron chi connectivity index (χ3n) is 1.54. The van der Waals surface area contributed by atoms with Crippen molar-refractivity contribution in [2.45, 2.75) is 13.5 Å². The molecule has 5 heteroatoms. The van der Waals surface area contributed by atoms with Crippen molar-refractivity contribution in [3.63, 3.8) is 0 Å². The molecule has 0 radical (unpaired) electrons. The van der Waals surface area contributed by atoms with Crippen molar-refractivity contribution >= 4 is 22.0 Å². The summed E-state index contributed by atoms with van der Waals surface area (Å²) in [5.74, 6) is 0.767. The summed E-state index contributed by atoms with van der Waals surface area (Å²) in [6, 6.07) is 7.20. The first-order valence-corrected chi connectivity index (χ1v) is 5.87. The Morgan fingerprint density at radius 3 is 2.25 bits per heavy atom. The molecule has 0 saturated carbocycles. The normalized spacial score (nSPS) is 8.69. The molecule has 0 bridgehead atoms. The summed E-state index contributed by atoms with van der Waals surface area (Å²) >= 11 is 3.15. The molecule has 90 valence electrons. The molecule has 0 spiro atoms. The van der Waals surface area contributed by atoms with Crippen LogP contribution in [0.3, 0.4) is 0 Å². The molecule has 1 amide bonds. The molecule has 0 aliphatic heterocycles. The molecular weight excluding hydrogens is 274 g/mol. The second kappa shape index (κ2) is 9.03. The number of ether oxygens (including phenoxy) is 2. The number of hydrogen-bond donors (Lipinski definition) is 1. The lowest BCUT2D eigenvalue weighted by molar-refractivity contribution is 0.150. The fraction of sp³-hybridized carbons (Fsp3) is 0.364. The van der Waals surface area contributed by atoms with E-state index in [1.807, 2.05) is 19.1 Å². The molecule has 1 aromatic carbocycles. The third kappa shape index (κ3) is 7.11. The van der Waals surface area contributed by atoms with Crippen LogP contribution < -0.4 is 10.5 Å². The third-order valence-corrected chi connectivity index (χ3v) is 1.54. The van der Waals surface area contributed by atoms with Crippen LogP contribution in [0.15, 0.2) is 24.3 Å². The minimum Gasteiger partial charge on any atom is -0.497 e. The Hall–Kier alpha value is -1.23. The van der Waals surface area contributed by atoms with Crippen LogP contribution >= 0.6 is 15.9 Å². The summed E-state index contributed by atoms with van der Waals surface area (Å²) in [5.41, 5.74) is 5.69. The van der Waals surface area contributed by atoms with Crippen molar-refractivity contribution in [3.05, 3.63) is 29.8 Å². The Labute approximate surface area is 104 Å². The lowest BCUT2D eigenvalue weighted by atomic mass is 10.2. The van der Waals surface area contributed by atoms with E-state index in [2.05, 4.69) is 20.7 Å². The van der Waals surface area contributed by atoms with Gasteiger partial charge in [0.2, 0.25) is 0 Å². The fourth-order valence-electron chi connectivity index (χ4n) is 0.876. The molecule has 0 fully saturated rings. The van der Waals surface area contributed by atoms with Gasteiger partial charge in [-0.05, 0) is 17.7 Å². The summed E-state index contributed by atoms with van der Waals surface area (Å²) in [7, 11) is 1.59. The van der Waals surface area contributed by atoms with E-state index in [0.717, 1.165) is 16.6 Å². The number of benzene rings is 1. The van der Waals surface area contributed by atoms with Gasteiger partial charge in [-0.1, -0.05) is 35.0 Å². The topological polar surface area (TPSA) is 61.6 Å². The van der Waals surface area contributed by atoms with Gasteiger partial charge in [0.15, 0.2) is 0 Å². The predicted octanol–water partition coefficient (Wildman–Crippen LogP) is 2.69. The van der Waals surface area contributed by atoms with Gasteiger partial charge >= 0.3 is 6.09 Å². The summed E-state index contributed by atoms with van der Waals surface area (Å²) in [4.78, 5) is 10.3. The lowest BCUT2D eigenvalue weighted by Gasteiger charge is -2.02. The smallest absolute Gasteiger partial charge is 0.404 e. The van der Waals surface area contributed by atoms with Crippen LogP contribution in [0.2, 0.25) is 0 Å². The number of methoxy groups -OCH3 is 1. The van der Waals surface area contributed by atoms with Gasteiger partial charge in [0.1, 0.15) is 12.4 Å². The molecular formula is C11H16BrNO3. The zero-order chi connectivity index (χ0) is 12.4. The van der Waals surface area contributed by atoms with Crippen molar-refractivity contribution in [1.82, 2.24) is 0 Å². The lowest BCUT2D eigenvalue weighted by Crippen LogP contribution is -2.12. The van der Waals surface area contributed by atoms with Gasteiger partial charge < -0.3 is 15.2 Å². The SMILES string of the molecule is CCBr.COc1ccc(COC(N)=O)cc1. The van der Waals surface area contributed by atoms with Crippen LogP contribution in [-0.4, -0.2) is 18.5 Å². The van der Waals surface area contributed by atoms with Crippen LogP contribution in [-0.2, 0) is 11.3 Å². The summed E-state index contributed by atoms with van der Waals surface area (Å²) < 4.78 is 9.56. The van der Waals surface area contributed by atoms with Crippen molar-refractivity contribution in [3.8, 4) is 5.75 Å². The Morgan fingerprint density at radius 1 is 1.38 bits per heavy atom. The summed E-state index contributed by atoms with van der Waals surface area (Å²) in [5, 5.41) is 1.06. The monoisotopic (exact) mass is 289 g/mol. The van der Waals surface area contributed by atoms with Crippen molar-refractivity contribution in [2.75, 3.05) is 12.4 Å². The van der Waals surface area contributed by atoms with Gasteiger partial charge in [-0.3, -0.25) is 0 Å². The molecule has 0 aromatic heterocycles. The Bertz CT molecular complexity index is 301. The minimum absolute atomic E-state index is 0.194. The molecule has 4 nitrogen and oxygen atoms in total. The highest BCUT2D eigenvalue weighted by Gasteiger charge is 1.96. The van der Waals surface area contributed by atoms with E-state index in [0.29, 0.717) is 0 Å². The number of nitrogens with two attached hydrogens (primary N) is 1. The number of rotatable bonds is 3. The van der Waals surface area contributed by atoms with Crippen LogP contribution in [0, 0.1) is 0 Å². The van der Waals surface area contributed by atoms with E-state index in [1.165, 1.54) is 0 Å². The summed E-state index contributed by atoms with van der Waals surface area (Å²) in [6.45, 7) is 2.24. The number of primary amides is 1. The maximum atomic E-state index is 10.3. The number of amides is 1. The number of alkyl halides is 1. The molecule has 0 atom stereocenters. The Balaban J connectivity index is 0.000000673. The largest absolute Gasteiger partial charge is 0.497 e. The number of hydrogen-bond acceptors (Lipinski definition) is 3. The Kier molecular flexibility index (Phi) is 8.34. The molecule has 0 aliphatic carbocycles. The molecule has 2 N–H and O–H groups in total. The maximum Gasteiger partial charge on any atom is 0.404 e. The van der Waals surface area contributed by atoms with E-state index < -0.39 is 6.09 Å². The van der Waals surface area contributed by atoms with Gasteiger partial charge in [-0.2, -0.15) is 0 Å². The van der Waals surface area contributed by atoms with Gasteiger partial charge in [-0.15, -0.1) is 0 Å². The van der Waals surface area contributed by atoms with E-state index in [9.17, 15) is 4.79 Å². The van der Waals surface area contributed by atoms with Crippen LogP contribution in [0.5, 0.6) is 5.75 Å². The number of carbonyl (C=O) groups excluding carboxylic acids is 1. The molecule has 0 unspecified atom stereocenters. The molecule has 0 aliphatic rings. The predicted molar refractivity (Wildman–Crippen MR) is 66.8 cm³/mol. The molecule has 1 aromatic rings. The minimum atomic E-state index is -0.768. The fourth-order valence-corrected chi connectivity index (χ4v) is 0.876. The highest BCUT2D eigenvalue weighted by atomic mass is 79.9.